The molecule has 3 aromatic carbocycles. The molecule has 182 valence electrons. The number of ether oxygens (including phenoxy) is 2. The first-order chi connectivity index (χ1) is 17.5. The molecule has 1 aliphatic rings. The minimum atomic E-state index is -0.288. The monoisotopic (exact) mass is 498 g/mol. The van der Waals surface area contributed by atoms with Gasteiger partial charge in [-0.15, -0.1) is 0 Å². The van der Waals surface area contributed by atoms with Crippen molar-refractivity contribution in [3.63, 3.8) is 0 Å². The molecule has 0 radical (unpaired) electrons. The summed E-state index contributed by atoms with van der Waals surface area (Å²) in [6, 6.07) is 23.4. The van der Waals surface area contributed by atoms with E-state index in [1.54, 1.807) is 14.2 Å². The van der Waals surface area contributed by atoms with Gasteiger partial charge in [0.25, 0.3) is 5.89 Å². The van der Waals surface area contributed by atoms with E-state index in [1.807, 2.05) is 72.5 Å². The van der Waals surface area contributed by atoms with Gasteiger partial charge in [0.15, 0.2) is 5.11 Å². The van der Waals surface area contributed by atoms with Crippen LogP contribution in [0.2, 0.25) is 0 Å². The van der Waals surface area contributed by atoms with E-state index in [2.05, 4.69) is 29.5 Å². The van der Waals surface area contributed by atoms with E-state index in [1.165, 1.54) is 5.56 Å². The summed E-state index contributed by atoms with van der Waals surface area (Å²) in [6.45, 7) is 4.08. The number of aromatic nitrogens is 2. The molecule has 0 saturated heterocycles. The Morgan fingerprint density at radius 3 is 2.33 bits per heavy atom. The van der Waals surface area contributed by atoms with Crippen LogP contribution in [0.25, 0.3) is 17.0 Å². The molecule has 0 saturated carbocycles. The van der Waals surface area contributed by atoms with Gasteiger partial charge in [-0.25, -0.2) is 0 Å². The van der Waals surface area contributed by atoms with E-state index in [9.17, 15) is 0 Å². The Bertz CT molecular complexity index is 1430. The Morgan fingerprint density at radius 2 is 1.64 bits per heavy atom. The fourth-order valence-corrected chi connectivity index (χ4v) is 4.64. The van der Waals surface area contributed by atoms with Crippen LogP contribution in [0.15, 0.2) is 83.0 Å². The number of thiocarbonyl (C=S) groups is 1. The number of aryl methyl sites for hydroxylation is 1. The van der Waals surface area contributed by atoms with Gasteiger partial charge in [0, 0.05) is 16.9 Å². The zero-order valence-electron chi connectivity index (χ0n) is 20.5. The second-order valence-electron chi connectivity index (χ2n) is 8.48. The molecule has 2 heterocycles. The molecule has 0 spiro atoms. The predicted molar refractivity (Wildman–Crippen MR) is 144 cm³/mol. The molecule has 7 nitrogen and oxygen atoms in total. The molecule has 8 heteroatoms. The summed E-state index contributed by atoms with van der Waals surface area (Å²) in [5.41, 5.74) is 5.68. The largest absolute Gasteiger partial charge is 0.497 e. The van der Waals surface area contributed by atoms with Crippen LogP contribution in [-0.4, -0.2) is 29.5 Å². The molecule has 4 aromatic rings. The third kappa shape index (κ3) is 4.43. The Morgan fingerprint density at radius 1 is 0.917 bits per heavy atom. The van der Waals surface area contributed by atoms with Crippen LogP contribution in [0.1, 0.15) is 30.0 Å². The minimum Gasteiger partial charge on any atom is -0.497 e. The van der Waals surface area contributed by atoms with Crippen molar-refractivity contribution in [1.29, 1.82) is 0 Å². The summed E-state index contributed by atoms with van der Waals surface area (Å²) in [6.07, 6.45) is 0. The van der Waals surface area contributed by atoms with Crippen molar-refractivity contribution in [2.45, 2.75) is 19.9 Å². The average molecular weight is 499 g/mol. The average Bonchev–Trinajstić information content (AvgIpc) is 3.39. The number of hydrogen-bond acceptors (Lipinski definition) is 6. The number of hydrogen-bond donors (Lipinski definition) is 1. The molecule has 36 heavy (non-hydrogen) atoms. The SMILES string of the molecule is COc1ccc(C2NC(=S)N(c3ccc(C)cc3)C(C)=C2c2nc(-c3cccc(OC)c3)no2)cc1. The third-order valence-corrected chi connectivity index (χ3v) is 6.51. The maximum Gasteiger partial charge on any atom is 0.258 e. The Hall–Kier alpha value is -4.17. The second kappa shape index (κ2) is 9.83. The van der Waals surface area contributed by atoms with E-state index >= 15 is 0 Å². The Labute approximate surface area is 215 Å². The number of nitrogens with one attached hydrogen (secondary N) is 1. The van der Waals surface area contributed by atoms with Crippen LogP contribution < -0.4 is 19.7 Å². The number of anilines is 1. The standard InChI is InChI=1S/C28H26N4O3S/c1-17-8-12-21(13-9-17)32-18(2)24(25(29-28(32)36)19-10-14-22(33-3)15-11-19)27-30-26(31-35-27)20-6-5-7-23(16-20)34-4/h5-16,25H,1-4H3,(H,29,36). The summed E-state index contributed by atoms with van der Waals surface area (Å²) < 4.78 is 16.5. The van der Waals surface area contributed by atoms with E-state index in [4.69, 9.17) is 31.2 Å². The quantitative estimate of drug-likeness (QED) is 0.328. The summed E-state index contributed by atoms with van der Waals surface area (Å²) in [5.74, 6) is 2.39. The maximum absolute atomic E-state index is 5.84. The fraction of sp³-hybridized carbons (Fsp3) is 0.179. The smallest absolute Gasteiger partial charge is 0.258 e. The highest BCUT2D eigenvalue weighted by Crippen LogP contribution is 2.39. The highest BCUT2D eigenvalue weighted by Gasteiger charge is 2.34. The fourth-order valence-electron chi connectivity index (χ4n) is 4.28. The first-order valence-electron chi connectivity index (χ1n) is 11.5. The van der Waals surface area contributed by atoms with Gasteiger partial charge in [-0.2, -0.15) is 4.98 Å². The van der Waals surface area contributed by atoms with Crippen molar-refractivity contribution in [3.05, 3.63) is 95.5 Å². The zero-order chi connectivity index (χ0) is 25.2. The van der Waals surface area contributed by atoms with Crippen LogP contribution in [-0.2, 0) is 0 Å². The lowest BCUT2D eigenvalue weighted by molar-refractivity contribution is 0.403. The first-order valence-corrected chi connectivity index (χ1v) is 11.9. The van der Waals surface area contributed by atoms with Crippen LogP contribution in [0.5, 0.6) is 11.5 Å². The number of methoxy groups -OCH3 is 2. The highest BCUT2D eigenvalue weighted by molar-refractivity contribution is 7.80. The van der Waals surface area contributed by atoms with Gasteiger partial charge in [0.1, 0.15) is 11.5 Å². The predicted octanol–water partition coefficient (Wildman–Crippen LogP) is 5.93. The minimum absolute atomic E-state index is 0.288. The molecule has 1 N–H and O–H groups in total. The second-order valence-corrected chi connectivity index (χ2v) is 8.87. The van der Waals surface area contributed by atoms with Crippen molar-refractivity contribution < 1.29 is 14.0 Å². The number of rotatable bonds is 6. The Balaban J connectivity index is 1.63. The lowest BCUT2D eigenvalue weighted by atomic mass is 9.94. The number of nitrogens with zero attached hydrogens (tertiary/aromatic N) is 3. The Kier molecular flexibility index (Phi) is 6.43. The summed E-state index contributed by atoms with van der Waals surface area (Å²) in [7, 11) is 3.28. The van der Waals surface area contributed by atoms with Crippen molar-refractivity contribution in [2.24, 2.45) is 0 Å². The molecule has 1 aliphatic heterocycles. The molecule has 5 rings (SSSR count). The molecule has 1 unspecified atom stereocenters. The van der Waals surface area contributed by atoms with Crippen molar-refractivity contribution >= 4 is 28.6 Å². The molecule has 0 bridgehead atoms. The van der Waals surface area contributed by atoms with E-state index in [0.717, 1.165) is 39.6 Å². The third-order valence-electron chi connectivity index (χ3n) is 6.21. The molecule has 0 fully saturated rings. The van der Waals surface area contributed by atoms with E-state index < -0.39 is 0 Å². The van der Waals surface area contributed by atoms with Crippen LogP contribution in [0.3, 0.4) is 0 Å². The van der Waals surface area contributed by atoms with Crippen molar-refractivity contribution in [1.82, 2.24) is 15.5 Å². The zero-order valence-corrected chi connectivity index (χ0v) is 21.3. The first kappa shape index (κ1) is 23.6. The van der Waals surface area contributed by atoms with Gasteiger partial charge >= 0.3 is 0 Å². The van der Waals surface area contributed by atoms with Crippen LogP contribution in [0.4, 0.5) is 5.69 Å². The normalized spacial score (nSPS) is 15.6. The summed E-state index contributed by atoms with van der Waals surface area (Å²) in [5, 5.41) is 8.36. The van der Waals surface area contributed by atoms with Gasteiger partial charge in [0.05, 0.1) is 25.8 Å². The summed E-state index contributed by atoms with van der Waals surface area (Å²) >= 11 is 5.83. The molecule has 0 aliphatic carbocycles. The topological polar surface area (TPSA) is 72.7 Å². The van der Waals surface area contributed by atoms with Crippen LogP contribution >= 0.6 is 12.2 Å². The summed E-state index contributed by atoms with van der Waals surface area (Å²) in [4.78, 5) is 6.78. The van der Waals surface area contributed by atoms with E-state index in [-0.39, 0.29) is 6.04 Å². The maximum atomic E-state index is 5.84. The molecule has 0 amide bonds. The van der Waals surface area contributed by atoms with Crippen molar-refractivity contribution in [3.8, 4) is 22.9 Å². The molecular formula is C28H26N4O3S. The van der Waals surface area contributed by atoms with Gasteiger partial charge in [-0.3, -0.25) is 4.90 Å². The lowest BCUT2D eigenvalue weighted by Gasteiger charge is -2.37. The van der Waals surface area contributed by atoms with Crippen LogP contribution in [0, 0.1) is 6.92 Å². The van der Waals surface area contributed by atoms with Gasteiger partial charge in [-0.1, -0.05) is 47.1 Å². The number of benzene rings is 3. The molecule has 1 atom stereocenters. The van der Waals surface area contributed by atoms with Gasteiger partial charge in [-0.05, 0) is 68.0 Å². The molecular weight excluding hydrogens is 472 g/mol. The van der Waals surface area contributed by atoms with Gasteiger partial charge in [0.2, 0.25) is 5.82 Å². The number of allylic oxidation sites excluding steroid dienone is 1. The van der Waals surface area contributed by atoms with Gasteiger partial charge < -0.3 is 19.3 Å². The lowest BCUT2D eigenvalue weighted by Crippen LogP contribution is -2.46. The van der Waals surface area contributed by atoms with E-state index in [0.29, 0.717) is 16.8 Å². The van der Waals surface area contributed by atoms with Crippen molar-refractivity contribution in [2.75, 3.05) is 19.1 Å². The highest BCUT2D eigenvalue weighted by atomic mass is 32.1. The molecule has 1 aromatic heterocycles.